The zero-order valence-corrected chi connectivity index (χ0v) is 26.8. The zero-order valence-electron chi connectivity index (χ0n) is 26.8. The number of carbonyl (C=O) groups is 3. The highest BCUT2D eigenvalue weighted by Gasteiger charge is 2.51. The molecule has 1 aliphatic heterocycles. The fourth-order valence-electron chi connectivity index (χ4n) is 5.00. The van der Waals surface area contributed by atoms with Gasteiger partial charge in [-0.25, -0.2) is 14.4 Å². The number of rotatable bonds is 10. The van der Waals surface area contributed by atoms with Crippen molar-refractivity contribution in [2.24, 2.45) is 0 Å². The van der Waals surface area contributed by atoms with E-state index in [4.69, 9.17) is 23.7 Å². The maximum absolute atomic E-state index is 13.4. The number of carbonyl (C=O) groups excluding carboxylic acids is 3. The minimum Gasteiger partial charge on any atom is -0.459 e. The minimum atomic E-state index is -1.57. The molecule has 0 unspecified atom stereocenters. The quantitative estimate of drug-likeness (QED) is 0.169. The molecule has 0 spiro atoms. The molecule has 1 heterocycles. The third kappa shape index (κ3) is 8.71. The lowest BCUT2D eigenvalue weighted by atomic mass is 9.98. The summed E-state index contributed by atoms with van der Waals surface area (Å²) in [7, 11) is 0. The second-order valence-electron chi connectivity index (χ2n) is 11.8. The number of aryl methyl sites for hydroxylation is 4. The first-order valence-electron chi connectivity index (χ1n) is 15.4. The molecular weight excluding hydrogens is 600 g/mol. The molecule has 9 nitrogen and oxygen atoms in total. The first-order chi connectivity index (χ1) is 22.6. The Labute approximate surface area is 274 Å². The van der Waals surface area contributed by atoms with Crippen molar-refractivity contribution in [2.75, 3.05) is 6.61 Å². The SMILES string of the molecule is Cc1ccc(CO[C@H]2O[C@H](COC(=O)c3ccc(C)cc3)[C@@H](OC(=O)c3ccc(C)cc3)[C@H](OC(=O)c3ccc(C)cc3)[C@H]2O)cc1. The number of aliphatic hydroxyl groups is 1. The molecule has 47 heavy (non-hydrogen) atoms. The van der Waals surface area contributed by atoms with Crippen LogP contribution in [-0.2, 0) is 30.3 Å². The maximum atomic E-state index is 13.4. The monoisotopic (exact) mass is 638 g/mol. The van der Waals surface area contributed by atoms with Crippen LogP contribution in [0, 0.1) is 27.7 Å². The third-order valence-electron chi connectivity index (χ3n) is 7.88. The van der Waals surface area contributed by atoms with Crippen LogP contribution in [0.4, 0.5) is 0 Å². The number of benzene rings is 4. The van der Waals surface area contributed by atoms with Crippen LogP contribution in [0.15, 0.2) is 97.1 Å². The largest absolute Gasteiger partial charge is 0.459 e. The Balaban J connectivity index is 1.44. The average molecular weight is 639 g/mol. The van der Waals surface area contributed by atoms with Gasteiger partial charge in [0.15, 0.2) is 18.5 Å². The van der Waals surface area contributed by atoms with Gasteiger partial charge in [-0.1, -0.05) is 82.9 Å². The van der Waals surface area contributed by atoms with Crippen molar-refractivity contribution in [3.8, 4) is 0 Å². The first kappa shape index (κ1) is 33.5. The summed E-state index contributed by atoms with van der Waals surface area (Å²) in [5.74, 6) is -2.12. The van der Waals surface area contributed by atoms with E-state index in [1.807, 2.05) is 52.0 Å². The van der Waals surface area contributed by atoms with Crippen LogP contribution < -0.4 is 0 Å². The van der Waals surface area contributed by atoms with Crippen LogP contribution in [0.25, 0.3) is 0 Å². The number of hydrogen-bond donors (Lipinski definition) is 1. The van der Waals surface area contributed by atoms with E-state index in [0.29, 0.717) is 5.56 Å². The molecule has 1 N–H and O–H groups in total. The van der Waals surface area contributed by atoms with Crippen LogP contribution in [0.1, 0.15) is 58.9 Å². The zero-order chi connectivity index (χ0) is 33.5. The molecule has 1 fully saturated rings. The minimum absolute atomic E-state index is 0.0599. The molecule has 0 aromatic heterocycles. The van der Waals surface area contributed by atoms with Crippen molar-refractivity contribution < 1.29 is 43.2 Å². The van der Waals surface area contributed by atoms with E-state index in [2.05, 4.69) is 0 Å². The van der Waals surface area contributed by atoms with Gasteiger partial charge in [-0.15, -0.1) is 0 Å². The fourth-order valence-corrected chi connectivity index (χ4v) is 5.00. The summed E-state index contributed by atoms with van der Waals surface area (Å²) in [5.41, 5.74) is 5.53. The standard InChI is InChI=1S/C38H38O9/c1-23-5-13-27(14-6-23)21-44-38-32(39)34(47-37(42)30-19-11-26(4)12-20-30)33(46-36(41)29-17-9-25(3)10-18-29)31(45-38)22-43-35(40)28-15-7-24(2)8-16-28/h5-20,31-34,38-39H,21-22H2,1-4H3/t31-,32-,33-,34-,38+/m1/s1. The van der Waals surface area contributed by atoms with E-state index in [9.17, 15) is 19.5 Å². The summed E-state index contributed by atoms with van der Waals surface area (Å²) < 4.78 is 29.5. The van der Waals surface area contributed by atoms with E-state index < -0.39 is 55.2 Å². The normalized spacial score (nSPS) is 20.7. The molecule has 5 atom stereocenters. The van der Waals surface area contributed by atoms with Crippen LogP contribution in [0.5, 0.6) is 0 Å². The first-order valence-corrected chi connectivity index (χ1v) is 15.4. The summed E-state index contributed by atoms with van der Waals surface area (Å²) in [6.07, 6.45) is -6.91. The van der Waals surface area contributed by atoms with Crippen molar-refractivity contribution in [2.45, 2.75) is 65.0 Å². The molecule has 5 rings (SSSR count). The lowest BCUT2D eigenvalue weighted by Gasteiger charge is -2.43. The lowest BCUT2D eigenvalue weighted by molar-refractivity contribution is -0.302. The second-order valence-corrected chi connectivity index (χ2v) is 11.8. The number of ether oxygens (including phenoxy) is 5. The third-order valence-corrected chi connectivity index (χ3v) is 7.88. The predicted molar refractivity (Wildman–Crippen MR) is 173 cm³/mol. The van der Waals surface area contributed by atoms with Crippen molar-refractivity contribution in [1.82, 2.24) is 0 Å². The number of esters is 3. The topological polar surface area (TPSA) is 118 Å². The van der Waals surface area contributed by atoms with Gasteiger partial charge < -0.3 is 28.8 Å². The second kappa shape index (κ2) is 15.2. The lowest BCUT2D eigenvalue weighted by Crippen LogP contribution is -2.62. The molecule has 9 heteroatoms. The summed E-state index contributed by atoms with van der Waals surface area (Å²) >= 11 is 0. The van der Waals surface area contributed by atoms with Crippen LogP contribution in [0.3, 0.4) is 0 Å². The summed E-state index contributed by atoms with van der Waals surface area (Å²) in [6.45, 7) is 7.30. The Hall–Kier alpha value is -4.83. The van der Waals surface area contributed by atoms with Crippen LogP contribution in [0.2, 0.25) is 0 Å². The van der Waals surface area contributed by atoms with Gasteiger partial charge >= 0.3 is 17.9 Å². The Morgan fingerprint density at radius 1 is 0.596 bits per heavy atom. The Morgan fingerprint density at radius 2 is 1.00 bits per heavy atom. The predicted octanol–water partition coefficient (Wildman–Crippen LogP) is 5.83. The van der Waals surface area contributed by atoms with Gasteiger partial charge in [0.2, 0.25) is 0 Å². The van der Waals surface area contributed by atoms with Crippen molar-refractivity contribution in [3.05, 3.63) is 142 Å². The highest BCUT2D eigenvalue weighted by Crippen LogP contribution is 2.30. The fraction of sp³-hybridized carbons (Fsp3) is 0.289. The average Bonchev–Trinajstić information content (AvgIpc) is 3.06. The highest BCUT2D eigenvalue weighted by molar-refractivity contribution is 5.91. The Morgan fingerprint density at radius 3 is 1.47 bits per heavy atom. The van der Waals surface area contributed by atoms with Gasteiger partial charge in [-0.2, -0.15) is 0 Å². The molecule has 1 saturated heterocycles. The van der Waals surface area contributed by atoms with Gasteiger partial charge in [0, 0.05) is 0 Å². The van der Waals surface area contributed by atoms with E-state index in [1.165, 1.54) is 0 Å². The van der Waals surface area contributed by atoms with Crippen LogP contribution >= 0.6 is 0 Å². The molecular formula is C38H38O9. The van der Waals surface area contributed by atoms with Gasteiger partial charge in [-0.05, 0) is 69.7 Å². The van der Waals surface area contributed by atoms with E-state index >= 15 is 0 Å². The van der Waals surface area contributed by atoms with Gasteiger partial charge in [0.25, 0.3) is 0 Å². The summed E-state index contributed by atoms with van der Waals surface area (Å²) in [5, 5.41) is 11.6. The Bertz CT molecular complexity index is 1660. The van der Waals surface area contributed by atoms with E-state index in [0.717, 1.165) is 27.8 Å². The molecule has 0 saturated carbocycles. The molecule has 0 amide bonds. The van der Waals surface area contributed by atoms with Crippen LogP contribution in [-0.4, -0.2) is 60.3 Å². The molecule has 4 aromatic carbocycles. The molecule has 0 aliphatic carbocycles. The van der Waals surface area contributed by atoms with Gasteiger partial charge in [-0.3, -0.25) is 0 Å². The molecule has 0 bridgehead atoms. The van der Waals surface area contributed by atoms with Gasteiger partial charge in [0.05, 0.1) is 23.3 Å². The smallest absolute Gasteiger partial charge is 0.338 e. The van der Waals surface area contributed by atoms with Gasteiger partial charge in [0.1, 0.15) is 18.8 Å². The number of aliphatic hydroxyl groups excluding tert-OH is 1. The molecule has 244 valence electrons. The molecule has 0 radical (unpaired) electrons. The summed E-state index contributed by atoms with van der Waals surface area (Å²) in [4.78, 5) is 39.7. The maximum Gasteiger partial charge on any atom is 0.338 e. The van der Waals surface area contributed by atoms with Crippen molar-refractivity contribution in [1.29, 1.82) is 0 Å². The number of hydrogen-bond acceptors (Lipinski definition) is 9. The van der Waals surface area contributed by atoms with Crippen molar-refractivity contribution in [3.63, 3.8) is 0 Å². The van der Waals surface area contributed by atoms with Crippen molar-refractivity contribution >= 4 is 17.9 Å². The highest BCUT2D eigenvalue weighted by atomic mass is 16.7. The molecule has 4 aromatic rings. The van der Waals surface area contributed by atoms with E-state index in [-0.39, 0.29) is 17.7 Å². The summed E-state index contributed by atoms with van der Waals surface area (Å²) in [6, 6.07) is 27.9. The Kier molecular flexibility index (Phi) is 10.8. The molecule has 1 aliphatic rings. The van der Waals surface area contributed by atoms with E-state index in [1.54, 1.807) is 72.8 Å².